The summed E-state index contributed by atoms with van der Waals surface area (Å²) in [6.45, 7) is 5.68. The lowest BCUT2D eigenvalue weighted by Gasteiger charge is -2.18. The Morgan fingerprint density at radius 1 is 1.11 bits per heavy atom. The van der Waals surface area contributed by atoms with Crippen LogP contribution in [0.4, 0.5) is 0 Å². The first-order chi connectivity index (χ1) is 12.9. The number of hydrogen-bond acceptors (Lipinski definition) is 3. The number of hydrogen-bond donors (Lipinski definition) is 0. The van der Waals surface area contributed by atoms with Crippen LogP contribution in [0.1, 0.15) is 59.8 Å². The lowest BCUT2D eigenvalue weighted by molar-refractivity contribution is -0.115. The lowest BCUT2D eigenvalue weighted by atomic mass is 9.89. The van der Waals surface area contributed by atoms with E-state index in [0.29, 0.717) is 12.2 Å². The van der Waals surface area contributed by atoms with Gasteiger partial charge in [0, 0.05) is 40.7 Å². The minimum absolute atomic E-state index is 0.107. The molecule has 27 heavy (non-hydrogen) atoms. The highest BCUT2D eigenvalue weighted by Gasteiger charge is 2.32. The van der Waals surface area contributed by atoms with E-state index in [-0.39, 0.29) is 5.78 Å². The van der Waals surface area contributed by atoms with Crippen LogP contribution in [0.25, 0.3) is 16.5 Å². The molecule has 1 aromatic heterocycles. The Labute approximate surface area is 160 Å². The number of carbonyl (C=O) groups excluding carboxylic acids is 2. The van der Waals surface area contributed by atoms with Gasteiger partial charge in [-0.25, -0.2) is 0 Å². The third-order valence-electron chi connectivity index (χ3n) is 6.10. The quantitative estimate of drug-likeness (QED) is 0.748. The van der Waals surface area contributed by atoms with E-state index in [2.05, 4.69) is 35.7 Å². The van der Waals surface area contributed by atoms with Gasteiger partial charge in [-0.15, -0.1) is 0 Å². The van der Waals surface area contributed by atoms with Crippen molar-refractivity contribution in [3.05, 3.63) is 40.1 Å². The first kappa shape index (κ1) is 18.2. The van der Waals surface area contributed by atoms with Gasteiger partial charge < -0.3 is 9.47 Å². The fourth-order valence-electron chi connectivity index (χ4n) is 4.85. The molecule has 4 heteroatoms. The maximum Gasteiger partial charge on any atom is 0.160 e. The van der Waals surface area contributed by atoms with Crippen molar-refractivity contribution >= 4 is 28.0 Å². The van der Waals surface area contributed by atoms with Crippen molar-refractivity contribution in [2.75, 3.05) is 20.6 Å². The van der Waals surface area contributed by atoms with Crippen molar-refractivity contribution in [1.82, 2.24) is 9.47 Å². The maximum atomic E-state index is 12.3. The van der Waals surface area contributed by atoms with Crippen LogP contribution in [-0.2, 0) is 17.8 Å². The van der Waals surface area contributed by atoms with E-state index < -0.39 is 0 Å². The molecule has 0 saturated carbocycles. The van der Waals surface area contributed by atoms with Crippen LogP contribution in [0.2, 0.25) is 0 Å². The van der Waals surface area contributed by atoms with E-state index in [1.807, 2.05) is 6.92 Å². The van der Waals surface area contributed by atoms with Gasteiger partial charge in [0.15, 0.2) is 11.6 Å². The molecule has 2 aliphatic carbocycles. The van der Waals surface area contributed by atoms with Crippen LogP contribution in [0.3, 0.4) is 0 Å². The Kier molecular flexibility index (Phi) is 4.55. The maximum absolute atomic E-state index is 12.3. The zero-order valence-corrected chi connectivity index (χ0v) is 16.8. The summed E-state index contributed by atoms with van der Waals surface area (Å²) in [4.78, 5) is 26.7. The van der Waals surface area contributed by atoms with Crippen LogP contribution in [-0.4, -0.2) is 41.7 Å². The number of rotatable bonds is 5. The number of aromatic nitrogens is 1. The molecule has 142 valence electrons. The standard InChI is InChI=1S/C23H28N2O2/c1-14-12-21-19(13-18(14)15(2)26)23-17-7-9-22(27)16(17)6-8-20(23)25(21)11-5-10-24(3)4/h12-13H,5-11H2,1-4H3. The first-order valence-electron chi connectivity index (χ1n) is 9.95. The molecule has 0 unspecified atom stereocenters. The third-order valence-corrected chi connectivity index (χ3v) is 6.10. The fourth-order valence-corrected chi connectivity index (χ4v) is 4.85. The molecule has 0 atom stereocenters. The molecular formula is C23H28N2O2. The predicted molar refractivity (Wildman–Crippen MR) is 109 cm³/mol. The third kappa shape index (κ3) is 2.96. The van der Waals surface area contributed by atoms with Crippen LogP contribution in [0.5, 0.6) is 0 Å². The van der Waals surface area contributed by atoms with E-state index >= 15 is 0 Å². The van der Waals surface area contributed by atoms with E-state index in [9.17, 15) is 9.59 Å². The van der Waals surface area contributed by atoms with Gasteiger partial charge in [0.05, 0.1) is 0 Å². The van der Waals surface area contributed by atoms with Crippen LogP contribution in [0, 0.1) is 6.92 Å². The zero-order chi connectivity index (χ0) is 19.3. The Morgan fingerprint density at radius 3 is 2.56 bits per heavy atom. The minimum Gasteiger partial charge on any atom is -0.344 e. The Balaban J connectivity index is 1.93. The van der Waals surface area contributed by atoms with Crippen molar-refractivity contribution < 1.29 is 9.59 Å². The molecular weight excluding hydrogens is 336 g/mol. The normalized spacial score (nSPS) is 16.4. The number of nitrogens with zero attached hydrogens (tertiary/aromatic N) is 2. The second-order valence-electron chi connectivity index (χ2n) is 8.25. The highest BCUT2D eigenvalue weighted by molar-refractivity contribution is 6.12. The van der Waals surface area contributed by atoms with Gasteiger partial charge in [0.1, 0.15) is 0 Å². The number of aryl methyl sites for hydroxylation is 2. The summed E-state index contributed by atoms with van der Waals surface area (Å²) >= 11 is 0. The summed E-state index contributed by atoms with van der Waals surface area (Å²) in [7, 11) is 4.21. The van der Waals surface area contributed by atoms with Crippen molar-refractivity contribution in [3.8, 4) is 0 Å². The summed E-state index contributed by atoms with van der Waals surface area (Å²) in [5.41, 5.74) is 7.95. The molecule has 0 amide bonds. The van der Waals surface area contributed by atoms with Crippen LogP contribution < -0.4 is 0 Å². The number of carbonyl (C=O) groups is 2. The average molecular weight is 364 g/mol. The zero-order valence-electron chi connectivity index (χ0n) is 16.8. The Hall–Kier alpha value is -2.20. The minimum atomic E-state index is 0.107. The van der Waals surface area contributed by atoms with Crippen LogP contribution >= 0.6 is 0 Å². The van der Waals surface area contributed by atoms with E-state index in [4.69, 9.17) is 0 Å². The molecule has 1 heterocycles. The molecule has 0 saturated heterocycles. The summed E-state index contributed by atoms with van der Waals surface area (Å²) in [5.74, 6) is 0.430. The predicted octanol–water partition coefficient (Wildman–Crippen LogP) is 4.17. The molecule has 1 aromatic carbocycles. The topological polar surface area (TPSA) is 42.3 Å². The molecule has 0 fully saturated rings. The van der Waals surface area contributed by atoms with Gasteiger partial charge in [0.25, 0.3) is 0 Å². The Morgan fingerprint density at radius 2 is 1.85 bits per heavy atom. The summed E-state index contributed by atoms with van der Waals surface area (Å²) in [6, 6.07) is 4.25. The highest BCUT2D eigenvalue weighted by atomic mass is 16.1. The second kappa shape index (κ2) is 6.75. The van der Waals surface area contributed by atoms with Gasteiger partial charge in [-0.3, -0.25) is 9.59 Å². The van der Waals surface area contributed by atoms with E-state index in [1.165, 1.54) is 22.3 Å². The Bertz CT molecular complexity index is 992. The van der Waals surface area contributed by atoms with Gasteiger partial charge in [0.2, 0.25) is 0 Å². The van der Waals surface area contributed by atoms with Gasteiger partial charge >= 0.3 is 0 Å². The fraction of sp³-hybridized carbons (Fsp3) is 0.478. The summed E-state index contributed by atoms with van der Waals surface area (Å²) < 4.78 is 2.46. The highest BCUT2D eigenvalue weighted by Crippen LogP contribution is 2.45. The van der Waals surface area contributed by atoms with Crippen molar-refractivity contribution in [2.45, 2.75) is 52.5 Å². The largest absolute Gasteiger partial charge is 0.344 e. The molecule has 0 bridgehead atoms. The number of allylic oxidation sites excluding steroid dienone is 2. The van der Waals surface area contributed by atoms with Crippen LogP contribution in [0.15, 0.2) is 17.7 Å². The number of Topliss-reactive ketones (excluding diaryl/α,β-unsaturated/α-hetero) is 2. The molecule has 2 aliphatic rings. The van der Waals surface area contributed by atoms with Crippen molar-refractivity contribution in [2.24, 2.45) is 0 Å². The first-order valence-corrected chi connectivity index (χ1v) is 9.95. The molecule has 2 aromatic rings. The molecule has 4 rings (SSSR count). The average Bonchev–Trinajstić information content (AvgIpc) is 3.12. The monoisotopic (exact) mass is 364 g/mol. The molecule has 0 radical (unpaired) electrons. The number of fused-ring (bicyclic) bond motifs is 4. The molecule has 0 aliphatic heterocycles. The van der Waals surface area contributed by atoms with Gasteiger partial charge in [-0.05, 0) is 89.0 Å². The SMILES string of the molecule is CC(=O)c1cc2c3c(n(CCCN(C)C)c2cc1C)CCC1=C3CCC1=O. The molecule has 0 N–H and O–H groups in total. The van der Waals surface area contributed by atoms with Gasteiger partial charge in [-0.2, -0.15) is 0 Å². The van der Waals surface area contributed by atoms with E-state index in [0.717, 1.165) is 60.9 Å². The summed E-state index contributed by atoms with van der Waals surface area (Å²) in [6.07, 6.45) is 4.36. The number of benzene rings is 1. The second-order valence-corrected chi connectivity index (χ2v) is 8.25. The van der Waals surface area contributed by atoms with Gasteiger partial charge in [-0.1, -0.05) is 0 Å². The van der Waals surface area contributed by atoms with Crippen molar-refractivity contribution in [3.63, 3.8) is 0 Å². The van der Waals surface area contributed by atoms with E-state index in [1.54, 1.807) is 6.92 Å². The smallest absolute Gasteiger partial charge is 0.160 e. The summed E-state index contributed by atoms with van der Waals surface area (Å²) in [5, 5.41) is 1.16. The molecule has 4 nitrogen and oxygen atoms in total. The molecule has 0 spiro atoms. The lowest BCUT2D eigenvalue weighted by Crippen LogP contribution is -2.16. The number of ketones is 2. The van der Waals surface area contributed by atoms with Crippen molar-refractivity contribution in [1.29, 1.82) is 0 Å².